The van der Waals surface area contributed by atoms with Crippen LogP contribution in [-0.2, 0) is 11.2 Å². The molecule has 0 amide bonds. The zero-order chi connectivity index (χ0) is 16.9. The number of halogens is 1. The van der Waals surface area contributed by atoms with Crippen LogP contribution in [0, 0.1) is 11.7 Å². The highest BCUT2D eigenvalue weighted by molar-refractivity contribution is 5.84. The van der Waals surface area contributed by atoms with E-state index in [1.165, 1.54) is 12.1 Å². The predicted molar refractivity (Wildman–Crippen MR) is 85.3 cm³/mol. The maximum absolute atomic E-state index is 12.9. The van der Waals surface area contributed by atoms with Gasteiger partial charge in [0.05, 0.1) is 6.61 Å². The molecule has 6 nitrogen and oxygen atoms in total. The molecule has 0 N–H and O–H groups in total. The van der Waals surface area contributed by atoms with Gasteiger partial charge in [0.1, 0.15) is 5.82 Å². The highest BCUT2D eigenvalue weighted by atomic mass is 19.1. The summed E-state index contributed by atoms with van der Waals surface area (Å²) in [7, 11) is 0. The van der Waals surface area contributed by atoms with Crippen LogP contribution in [0.2, 0.25) is 0 Å². The maximum Gasteiger partial charge on any atom is 0.396 e. The lowest BCUT2D eigenvalue weighted by atomic mass is 9.90. The van der Waals surface area contributed by atoms with Gasteiger partial charge in [0.25, 0.3) is 0 Å². The number of piperidine rings is 1. The summed E-state index contributed by atoms with van der Waals surface area (Å²) in [4.78, 5) is 13.5. The third kappa shape index (κ3) is 3.90. The Labute approximate surface area is 139 Å². The van der Waals surface area contributed by atoms with Crippen LogP contribution in [-0.4, -0.2) is 35.9 Å². The van der Waals surface area contributed by atoms with E-state index in [0.717, 1.165) is 37.9 Å². The second-order valence-electron chi connectivity index (χ2n) is 5.87. The molecule has 1 aliphatic heterocycles. The van der Waals surface area contributed by atoms with E-state index >= 15 is 0 Å². The summed E-state index contributed by atoms with van der Waals surface area (Å²) in [6, 6.07) is 7.04. The number of ether oxygens (including phenoxy) is 1. The average Bonchev–Trinajstić information content (AvgIpc) is 3.08. The lowest BCUT2D eigenvalue weighted by Gasteiger charge is -2.30. The van der Waals surface area contributed by atoms with Crippen molar-refractivity contribution in [3.8, 4) is 0 Å². The van der Waals surface area contributed by atoms with Crippen LogP contribution in [0.4, 0.5) is 10.4 Å². The van der Waals surface area contributed by atoms with Gasteiger partial charge in [-0.1, -0.05) is 22.3 Å². The molecule has 1 saturated heterocycles. The van der Waals surface area contributed by atoms with Gasteiger partial charge in [0, 0.05) is 13.1 Å². The number of anilines is 1. The van der Waals surface area contributed by atoms with Crippen LogP contribution >= 0.6 is 0 Å². The molecule has 1 aromatic heterocycles. The van der Waals surface area contributed by atoms with Gasteiger partial charge >= 0.3 is 17.9 Å². The van der Waals surface area contributed by atoms with Crippen molar-refractivity contribution >= 4 is 12.0 Å². The number of benzene rings is 1. The van der Waals surface area contributed by atoms with Gasteiger partial charge in [-0.3, -0.25) is 0 Å². The fourth-order valence-electron chi connectivity index (χ4n) is 2.90. The van der Waals surface area contributed by atoms with Gasteiger partial charge in [-0.25, -0.2) is 9.18 Å². The van der Waals surface area contributed by atoms with E-state index in [1.54, 1.807) is 6.92 Å². The Hall–Kier alpha value is -2.44. The summed E-state index contributed by atoms with van der Waals surface area (Å²) in [6.07, 6.45) is 2.90. The quantitative estimate of drug-likeness (QED) is 0.784. The van der Waals surface area contributed by atoms with Crippen molar-refractivity contribution in [2.75, 3.05) is 24.6 Å². The number of carbonyl (C=O) groups is 1. The first-order chi connectivity index (χ1) is 11.7. The van der Waals surface area contributed by atoms with Crippen LogP contribution in [0.25, 0.3) is 0 Å². The highest BCUT2D eigenvalue weighted by Gasteiger charge is 2.25. The molecule has 1 fully saturated rings. The molecule has 0 aliphatic carbocycles. The molecule has 3 rings (SSSR count). The number of carbonyl (C=O) groups excluding carboxylic acids is 1. The van der Waals surface area contributed by atoms with E-state index in [2.05, 4.69) is 10.2 Å². The highest BCUT2D eigenvalue weighted by Crippen LogP contribution is 2.25. The zero-order valence-electron chi connectivity index (χ0n) is 13.6. The Kier molecular flexibility index (Phi) is 5.08. The van der Waals surface area contributed by atoms with Gasteiger partial charge in [0.15, 0.2) is 0 Å². The molecule has 7 heteroatoms. The second kappa shape index (κ2) is 7.42. The molecule has 0 saturated carbocycles. The first-order valence-electron chi connectivity index (χ1n) is 8.15. The van der Waals surface area contributed by atoms with Crippen LogP contribution in [0.15, 0.2) is 28.7 Å². The lowest BCUT2D eigenvalue weighted by Crippen LogP contribution is -2.34. The maximum atomic E-state index is 12.9. The summed E-state index contributed by atoms with van der Waals surface area (Å²) in [5.41, 5.74) is 1.15. The molecular formula is C17H20FN3O3. The topological polar surface area (TPSA) is 68.5 Å². The van der Waals surface area contributed by atoms with E-state index in [4.69, 9.17) is 9.15 Å². The minimum absolute atomic E-state index is 0.111. The third-order valence-corrected chi connectivity index (χ3v) is 4.19. The van der Waals surface area contributed by atoms with E-state index in [-0.39, 0.29) is 18.3 Å². The predicted octanol–water partition coefficient (Wildman–Crippen LogP) is 2.84. The van der Waals surface area contributed by atoms with Crippen LogP contribution < -0.4 is 4.90 Å². The Balaban J connectivity index is 1.53. The Bertz CT molecular complexity index is 679. The Morgan fingerprint density at radius 3 is 2.67 bits per heavy atom. The molecule has 0 bridgehead atoms. The standard InChI is InChI=1S/C17H20FN3O3/c1-2-23-16(22)15-19-20-17(24-15)21-9-7-13(8-10-21)11-12-3-5-14(18)6-4-12/h3-6,13H,2,7-11H2,1H3. The van der Waals surface area contributed by atoms with E-state index in [1.807, 2.05) is 17.0 Å². The summed E-state index contributed by atoms with van der Waals surface area (Å²) < 4.78 is 23.2. The van der Waals surface area contributed by atoms with Crippen molar-refractivity contribution < 1.29 is 18.3 Å². The summed E-state index contributed by atoms with van der Waals surface area (Å²) in [5, 5.41) is 7.67. The minimum atomic E-state index is -0.595. The fourth-order valence-corrected chi connectivity index (χ4v) is 2.90. The Morgan fingerprint density at radius 1 is 1.29 bits per heavy atom. The zero-order valence-corrected chi connectivity index (χ0v) is 13.6. The summed E-state index contributed by atoms with van der Waals surface area (Å²) >= 11 is 0. The third-order valence-electron chi connectivity index (χ3n) is 4.19. The Morgan fingerprint density at radius 2 is 2.00 bits per heavy atom. The molecule has 1 aliphatic rings. The molecule has 0 unspecified atom stereocenters. The normalized spacial score (nSPS) is 15.5. The fraction of sp³-hybridized carbons (Fsp3) is 0.471. The first kappa shape index (κ1) is 16.4. The van der Waals surface area contributed by atoms with Crippen molar-refractivity contribution in [3.05, 3.63) is 41.5 Å². The smallest absolute Gasteiger partial charge is 0.396 e. The van der Waals surface area contributed by atoms with Gasteiger partial charge < -0.3 is 14.1 Å². The van der Waals surface area contributed by atoms with Gasteiger partial charge in [-0.15, -0.1) is 0 Å². The monoisotopic (exact) mass is 333 g/mol. The molecule has 1 aromatic carbocycles. The molecule has 2 aromatic rings. The van der Waals surface area contributed by atoms with Crippen molar-refractivity contribution in [3.63, 3.8) is 0 Å². The van der Waals surface area contributed by atoms with Crippen molar-refractivity contribution in [1.82, 2.24) is 10.2 Å². The lowest BCUT2D eigenvalue weighted by molar-refractivity contribution is 0.0481. The van der Waals surface area contributed by atoms with Crippen molar-refractivity contribution in [1.29, 1.82) is 0 Å². The SMILES string of the molecule is CCOC(=O)c1nnc(N2CCC(Cc3ccc(F)cc3)CC2)o1. The van der Waals surface area contributed by atoms with Crippen molar-refractivity contribution in [2.45, 2.75) is 26.2 Å². The number of aromatic nitrogens is 2. The molecule has 0 radical (unpaired) electrons. The van der Waals surface area contributed by atoms with Crippen LogP contribution in [0.1, 0.15) is 36.0 Å². The van der Waals surface area contributed by atoms with Gasteiger partial charge in [0.2, 0.25) is 0 Å². The molecular weight excluding hydrogens is 313 g/mol. The van der Waals surface area contributed by atoms with Crippen molar-refractivity contribution in [2.24, 2.45) is 5.92 Å². The first-order valence-corrected chi connectivity index (χ1v) is 8.15. The number of hydrogen-bond acceptors (Lipinski definition) is 6. The molecule has 0 spiro atoms. The summed E-state index contributed by atoms with van der Waals surface area (Å²) in [5.74, 6) is -0.371. The molecule has 2 heterocycles. The van der Waals surface area contributed by atoms with E-state index < -0.39 is 5.97 Å². The van der Waals surface area contributed by atoms with Gasteiger partial charge in [-0.2, -0.15) is 0 Å². The van der Waals surface area contributed by atoms with Gasteiger partial charge in [-0.05, 0) is 49.8 Å². The van der Waals surface area contributed by atoms with E-state index in [9.17, 15) is 9.18 Å². The van der Waals surface area contributed by atoms with Crippen LogP contribution in [0.5, 0.6) is 0 Å². The van der Waals surface area contributed by atoms with Crippen LogP contribution in [0.3, 0.4) is 0 Å². The second-order valence-corrected chi connectivity index (χ2v) is 5.87. The number of esters is 1. The minimum Gasteiger partial charge on any atom is -0.459 e. The number of nitrogens with zero attached hydrogens (tertiary/aromatic N) is 3. The molecule has 0 atom stereocenters. The van der Waals surface area contributed by atoms with E-state index in [0.29, 0.717) is 11.9 Å². The summed E-state index contributed by atoms with van der Waals surface area (Å²) in [6.45, 7) is 3.57. The molecule has 24 heavy (non-hydrogen) atoms. The largest absolute Gasteiger partial charge is 0.459 e. The average molecular weight is 333 g/mol. The molecule has 128 valence electrons. The number of hydrogen-bond donors (Lipinski definition) is 0. The number of rotatable bonds is 5.